The van der Waals surface area contributed by atoms with Crippen molar-refractivity contribution in [1.29, 1.82) is 0 Å². The van der Waals surface area contributed by atoms with E-state index in [1.54, 1.807) is 14.2 Å². The zero-order valence-corrected chi connectivity index (χ0v) is 15.6. The molecule has 0 unspecified atom stereocenters. The van der Waals surface area contributed by atoms with Crippen LogP contribution in [-0.4, -0.2) is 50.1 Å². The van der Waals surface area contributed by atoms with Crippen molar-refractivity contribution in [2.24, 2.45) is 5.92 Å². The minimum atomic E-state index is -0.227. The molecule has 6 heteroatoms. The summed E-state index contributed by atoms with van der Waals surface area (Å²) in [6, 6.07) is 6.08. The maximum Gasteiger partial charge on any atom is 0.225 e. The van der Waals surface area contributed by atoms with Crippen molar-refractivity contribution in [2.45, 2.75) is 44.6 Å². The van der Waals surface area contributed by atoms with E-state index in [2.05, 4.69) is 5.32 Å². The molecule has 1 aliphatic carbocycles. The van der Waals surface area contributed by atoms with Gasteiger partial charge in [0.15, 0.2) is 11.5 Å². The first-order valence-corrected chi connectivity index (χ1v) is 9.41. The first kappa shape index (κ1) is 18.5. The molecule has 3 rings (SSSR count). The second-order valence-corrected chi connectivity index (χ2v) is 7.08. The van der Waals surface area contributed by atoms with E-state index in [0.29, 0.717) is 43.5 Å². The summed E-state index contributed by atoms with van der Waals surface area (Å²) in [7, 11) is 3.22. The van der Waals surface area contributed by atoms with Crippen LogP contribution in [0.4, 0.5) is 0 Å². The van der Waals surface area contributed by atoms with E-state index in [-0.39, 0.29) is 17.7 Å². The van der Waals surface area contributed by atoms with Crippen LogP contribution in [0.2, 0.25) is 0 Å². The highest BCUT2D eigenvalue weighted by Crippen LogP contribution is 2.31. The first-order valence-electron chi connectivity index (χ1n) is 9.41. The van der Waals surface area contributed by atoms with Gasteiger partial charge in [0.25, 0.3) is 0 Å². The van der Waals surface area contributed by atoms with Gasteiger partial charge >= 0.3 is 0 Å². The lowest BCUT2D eigenvalue weighted by atomic mass is 10.1. The molecule has 1 aliphatic heterocycles. The Morgan fingerprint density at radius 2 is 2.00 bits per heavy atom. The summed E-state index contributed by atoms with van der Waals surface area (Å²) in [5.41, 5.74) is 0.988. The second-order valence-electron chi connectivity index (χ2n) is 7.08. The number of carbonyl (C=O) groups excluding carboxylic acids is 2. The van der Waals surface area contributed by atoms with E-state index in [1.807, 2.05) is 23.1 Å². The van der Waals surface area contributed by atoms with Gasteiger partial charge in [0.05, 0.1) is 20.1 Å². The zero-order chi connectivity index (χ0) is 18.5. The van der Waals surface area contributed by atoms with Crippen molar-refractivity contribution in [3.63, 3.8) is 0 Å². The minimum Gasteiger partial charge on any atom is -0.493 e. The Hall–Kier alpha value is -2.24. The van der Waals surface area contributed by atoms with E-state index in [1.165, 1.54) is 12.8 Å². The highest BCUT2D eigenvalue weighted by atomic mass is 16.5. The van der Waals surface area contributed by atoms with Gasteiger partial charge in [-0.05, 0) is 30.9 Å². The summed E-state index contributed by atoms with van der Waals surface area (Å²) in [5.74, 6) is 1.26. The molecule has 6 nitrogen and oxygen atoms in total. The molecule has 26 heavy (non-hydrogen) atoms. The number of ether oxygens (including phenoxy) is 2. The number of rotatable bonds is 7. The average molecular weight is 360 g/mol. The van der Waals surface area contributed by atoms with Crippen LogP contribution in [0.5, 0.6) is 11.5 Å². The molecule has 0 radical (unpaired) electrons. The van der Waals surface area contributed by atoms with Crippen molar-refractivity contribution in [1.82, 2.24) is 10.2 Å². The quantitative estimate of drug-likeness (QED) is 0.809. The summed E-state index contributed by atoms with van der Waals surface area (Å²) >= 11 is 0. The van der Waals surface area contributed by atoms with Gasteiger partial charge in [0.1, 0.15) is 0 Å². The fraction of sp³-hybridized carbons (Fsp3) is 0.600. The number of hydrogen-bond acceptors (Lipinski definition) is 4. The number of carbonyl (C=O) groups is 2. The van der Waals surface area contributed by atoms with Crippen LogP contribution in [0, 0.1) is 5.92 Å². The highest BCUT2D eigenvalue weighted by molar-refractivity contribution is 5.89. The average Bonchev–Trinajstić information content (AvgIpc) is 3.30. The lowest BCUT2D eigenvalue weighted by molar-refractivity contribution is -0.130. The summed E-state index contributed by atoms with van der Waals surface area (Å²) in [5, 5.41) is 2.98. The van der Waals surface area contributed by atoms with Crippen LogP contribution in [-0.2, 0) is 16.0 Å². The number of benzene rings is 1. The smallest absolute Gasteiger partial charge is 0.225 e. The van der Waals surface area contributed by atoms with Crippen LogP contribution in [0.3, 0.4) is 0 Å². The van der Waals surface area contributed by atoms with Gasteiger partial charge in [0.2, 0.25) is 11.8 Å². The van der Waals surface area contributed by atoms with E-state index in [9.17, 15) is 9.59 Å². The largest absolute Gasteiger partial charge is 0.493 e. The monoisotopic (exact) mass is 360 g/mol. The Morgan fingerprint density at radius 1 is 1.23 bits per heavy atom. The van der Waals surface area contributed by atoms with E-state index < -0.39 is 0 Å². The summed E-state index contributed by atoms with van der Waals surface area (Å²) in [4.78, 5) is 26.6. The lowest BCUT2D eigenvalue weighted by Crippen LogP contribution is -2.37. The Bertz CT molecular complexity index is 655. The van der Waals surface area contributed by atoms with Gasteiger partial charge in [0, 0.05) is 25.6 Å². The third-order valence-electron chi connectivity index (χ3n) is 5.47. The molecular weight excluding hydrogens is 332 g/mol. The SMILES string of the molecule is COc1cccc(CCNC(=O)[C@H]2CC(=O)N(C3CCCC3)C2)c1OC. The van der Waals surface area contributed by atoms with Gasteiger partial charge in [-0.3, -0.25) is 9.59 Å². The van der Waals surface area contributed by atoms with Crippen LogP contribution in [0.1, 0.15) is 37.7 Å². The minimum absolute atomic E-state index is 0.0271. The number of para-hydroxylation sites is 1. The van der Waals surface area contributed by atoms with Crippen molar-refractivity contribution >= 4 is 11.8 Å². The third kappa shape index (κ3) is 3.94. The molecule has 1 N–H and O–H groups in total. The predicted molar refractivity (Wildman–Crippen MR) is 98.3 cm³/mol. The van der Waals surface area contributed by atoms with Gasteiger partial charge in [-0.1, -0.05) is 25.0 Å². The molecule has 1 aromatic carbocycles. The van der Waals surface area contributed by atoms with Gasteiger partial charge < -0.3 is 19.7 Å². The molecule has 1 atom stereocenters. The fourth-order valence-corrected chi connectivity index (χ4v) is 4.09. The number of methoxy groups -OCH3 is 2. The van der Waals surface area contributed by atoms with Crippen LogP contribution >= 0.6 is 0 Å². The van der Waals surface area contributed by atoms with Crippen molar-refractivity contribution in [3.8, 4) is 11.5 Å². The molecule has 0 bridgehead atoms. The summed E-state index contributed by atoms with van der Waals surface area (Å²) in [6.07, 6.45) is 5.52. The molecule has 1 aromatic rings. The normalized spacial score (nSPS) is 20.5. The molecule has 2 aliphatic rings. The van der Waals surface area contributed by atoms with Gasteiger partial charge in [-0.2, -0.15) is 0 Å². The number of hydrogen-bond donors (Lipinski definition) is 1. The van der Waals surface area contributed by atoms with Crippen molar-refractivity contribution < 1.29 is 19.1 Å². The van der Waals surface area contributed by atoms with E-state index in [4.69, 9.17) is 9.47 Å². The molecule has 142 valence electrons. The maximum atomic E-state index is 12.5. The molecule has 1 saturated carbocycles. The highest BCUT2D eigenvalue weighted by Gasteiger charge is 2.38. The van der Waals surface area contributed by atoms with Crippen molar-refractivity contribution in [3.05, 3.63) is 23.8 Å². The second kappa shape index (κ2) is 8.43. The van der Waals surface area contributed by atoms with E-state index >= 15 is 0 Å². The molecule has 2 amide bonds. The van der Waals surface area contributed by atoms with Crippen LogP contribution in [0.15, 0.2) is 18.2 Å². The summed E-state index contributed by atoms with van der Waals surface area (Å²) in [6.45, 7) is 1.08. The van der Waals surface area contributed by atoms with Gasteiger partial charge in [-0.25, -0.2) is 0 Å². The van der Waals surface area contributed by atoms with Crippen LogP contribution in [0.25, 0.3) is 0 Å². The van der Waals surface area contributed by atoms with Crippen LogP contribution < -0.4 is 14.8 Å². The Balaban J connectivity index is 1.51. The Labute approximate surface area is 154 Å². The lowest BCUT2D eigenvalue weighted by Gasteiger charge is -2.23. The zero-order valence-electron chi connectivity index (χ0n) is 15.6. The molecular formula is C20H28N2O4. The third-order valence-corrected chi connectivity index (χ3v) is 5.47. The standard InChI is InChI=1S/C20H28N2O4/c1-25-17-9-5-6-14(19(17)26-2)10-11-21-20(24)15-12-18(23)22(13-15)16-7-3-4-8-16/h5-6,9,15-16H,3-4,7-8,10-13H2,1-2H3,(H,21,24)/t15-/m0/s1. The maximum absolute atomic E-state index is 12.5. The molecule has 0 spiro atoms. The molecule has 1 saturated heterocycles. The predicted octanol–water partition coefficient (Wildman–Crippen LogP) is 2.15. The number of nitrogens with one attached hydrogen (secondary N) is 1. The Kier molecular flexibility index (Phi) is 6.01. The Morgan fingerprint density at radius 3 is 2.69 bits per heavy atom. The molecule has 1 heterocycles. The first-order chi connectivity index (χ1) is 12.6. The fourth-order valence-electron chi connectivity index (χ4n) is 4.09. The number of likely N-dealkylation sites (tertiary alicyclic amines) is 1. The van der Waals surface area contributed by atoms with Gasteiger partial charge in [-0.15, -0.1) is 0 Å². The topological polar surface area (TPSA) is 67.9 Å². The van der Waals surface area contributed by atoms with E-state index in [0.717, 1.165) is 18.4 Å². The summed E-state index contributed by atoms with van der Waals surface area (Å²) < 4.78 is 10.7. The number of amides is 2. The molecule has 2 fully saturated rings. The molecule has 0 aromatic heterocycles. The van der Waals surface area contributed by atoms with Crippen molar-refractivity contribution in [2.75, 3.05) is 27.3 Å². The number of nitrogens with zero attached hydrogens (tertiary/aromatic N) is 1.